The van der Waals surface area contributed by atoms with Gasteiger partial charge in [-0.15, -0.1) is 0 Å². The van der Waals surface area contributed by atoms with Crippen molar-refractivity contribution in [2.45, 2.75) is 45.1 Å². The Kier molecular flexibility index (Phi) is 12.1. The third-order valence-corrected chi connectivity index (χ3v) is 2.17. The Hall–Kier alpha value is -1.70. The Balaban J connectivity index is 3.67. The number of aliphatic hydroxyl groups excluding tert-OH is 1. The highest BCUT2D eigenvalue weighted by atomic mass is 16.3. The van der Waals surface area contributed by atoms with Gasteiger partial charge in [-0.3, -0.25) is 0 Å². The molecule has 0 radical (unpaired) electrons. The van der Waals surface area contributed by atoms with Gasteiger partial charge in [-0.2, -0.15) is 0 Å². The Labute approximate surface area is 111 Å². The number of rotatable bonds is 7. The topological polar surface area (TPSA) is 20.2 Å². The molecule has 18 heavy (non-hydrogen) atoms. The van der Waals surface area contributed by atoms with E-state index >= 15 is 0 Å². The minimum Gasteiger partial charge on any atom is -0.377 e. The van der Waals surface area contributed by atoms with Crippen molar-refractivity contribution < 1.29 is 5.11 Å². The fourth-order valence-corrected chi connectivity index (χ4v) is 1.16. The normalized spacial score (nSPS) is 11.7. The quantitative estimate of drug-likeness (QED) is 0.313. The predicted molar refractivity (Wildman–Crippen MR) is 78.8 cm³/mol. The maximum absolute atomic E-state index is 9.04. The summed E-state index contributed by atoms with van der Waals surface area (Å²) in [6, 6.07) is 0. The molecule has 0 aromatic carbocycles. The fourth-order valence-electron chi connectivity index (χ4n) is 1.16. The van der Waals surface area contributed by atoms with Crippen LogP contribution < -0.4 is 0 Å². The van der Waals surface area contributed by atoms with E-state index in [1.54, 1.807) is 0 Å². The highest BCUT2D eigenvalue weighted by Crippen LogP contribution is 1.99. The second kappa shape index (κ2) is 13.4. The summed E-state index contributed by atoms with van der Waals surface area (Å²) in [6.07, 6.45) is 14.5. The Morgan fingerprint density at radius 2 is 1.94 bits per heavy atom. The smallest absolute Gasteiger partial charge is 0.134 e. The van der Waals surface area contributed by atoms with Gasteiger partial charge in [-0.25, -0.2) is 0 Å². The molecule has 1 N–H and O–H groups in total. The van der Waals surface area contributed by atoms with Crippen LogP contribution in [0.4, 0.5) is 0 Å². The second-order valence-corrected chi connectivity index (χ2v) is 3.81. The van der Waals surface area contributed by atoms with E-state index in [0.717, 1.165) is 6.42 Å². The van der Waals surface area contributed by atoms with Crippen LogP contribution in [0.5, 0.6) is 0 Å². The first-order valence-corrected chi connectivity index (χ1v) is 6.42. The summed E-state index contributed by atoms with van der Waals surface area (Å²) in [5.74, 6) is 10.7. The number of allylic oxidation sites excluding steroid dienone is 4. The lowest BCUT2D eigenvalue weighted by molar-refractivity contribution is 0.281. The van der Waals surface area contributed by atoms with E-state index in [1.807, 2.05) is 12.2 Å². The van der Waals surface area contributed by atoms with E-state index in [4.69, 9.17) is 5.11 Å². The first kappa shape index (κ1) is 16.3. The van der Waals surface area contributed by atoms with E-state index < -0.39 is 6.10 Å². The van der Waals surface area contributed by atoms with Gasteiger partial charge in [0.25, 0.3) is 0 Å². The largest absolute Gasteiger partial charge is 0.377 e. The number of aliphatic hydroxyl groups is 1. The van der Waals surface area contributed by atoms with Crippen LogP contribution in [0.2, 0.25) is 0 Å². The minimum atomic E-state index is -0.777. The van der Waals surface area contributed by atoms with Gasteiger partial charge in [0.2, 0.25) is 0 Å². The molecule has 0 amide bonds. The number of unbranched alkanes of at least 4 members (excludes halogenated alkanes) is 3. The zero-order valence-electron chi connectivity index (χ0n) is 11.2. The molecular weight excluding hydrogens is 220 g/mol. The van der Waals surface area contributed by atoms with Crippen LogP contribution in [-0.4, -0.2) is 11.2 Å². The average Bonchev–Trinajstić information content (AvgIpc) is 2.39. The second-order valence-electron chi connectivity index (χ2n) is 3.81. The van der Waals surface area contributed by atoms with Crippen LogP contribution in [0, 0.1) is 23.7 Å². The monoisotopic (exact) mass is 242 g/mol. The molecule has 1 unspecified atom stereocenters. The van der Waals surface area contributed by atoms with E-state index in [2.05, 4.69) is 49.3 Å². The van der Waals surface area contributed by atoms with Crippen molar-refractivity contribution in [3.63, 3.8) is 0 Å². The summed E-state index contributed by atoms with van der Waals surface area (Å²) in [4.78, 5) is 0. The van der Waals surface area contributed by atoms with Gasteiger partial charge in [0, 0.05) is 6.42 Å². The molecule has 0 aromatic heterocycles. The molecule has 0 saturated carbocycles. The summed E-state index contributed by atoms with van der Waals surface area (Å²) in [5, 5.41) is 9.04. The molecule has 0 rings (SSSR count). The highest BCUT2D eigenvalue weighted by molar-refractivity contribution is 5.29. The molecule has 0 aliphatic heterocycles. The van der Waals surface area contributed by atoms with E-state index in [9.17, 15) is 0 Å². The molecule has 0 heterocycles. The van der Waals surface area contributed by atoms with Crippen molar-refractivity contribution >= 4 is 0 Å². The third-order valence-electron chi connectivity index (χ3n) is 2.17. The van der Waals surface area contributed by atoms with Gasteiger partial charge in [-0.05, 0) is 24.7 Å². The van der Waals surface area contributed by atoms with Crippen LogP contribution in [-0.2, 0) is 0 Å². The summed E-state index contributed by atoms with van der Waals surface area (Å²) >= 11 is 0. The van der Waals surface area contributed by atoms with E-state index in [1.165, 1.54) is 25.3 Å². The first-order chi connectivity index (χ1) is 8.81. The Morgan fingerprint density at radius 3 is 2.67 bits per heavy atom. The lowest BCUT2D eigenvalue weighted by atomic mass is 10.2. The Bertz CT molecular complexity index is 379. The van der Waals surface area contributed by atoms with Gasteiger partial charge in [-0.1, -0.05) is 68.6 Å². The third kappa shape index (κ3) is 12.4. The average molecular weight is 242 g/mol. The van der Waals surface area contributed by atoms with Crippen LogP contribution >= 0.6 is 0 Å². The van der Waals surface area contributed by atoms with Gasteiger partial charge < -0.3 is 5.11 Å². The van der Waals surface area contributed by atoms with Crippen molar-refractivity contribution in [1.82, 2.24) is 0 Å². The lowest BCUT2D eigenvalue weighted by Crippen LogP contribution is -1.94. The van der Waals surface area contributed by atoms with Crippen LogP contribution in [0.25, 0.3) is 0 Å². The summed E-state index contributed by atoms with van der Waals surface area (Å²) in [5.41, 5.74) is 0. The molecule has 0 bridgehead atoms. The van der Waals surface area contributed by atoms with E-state index in [-0.39, 0.29) is 0 Å². The predicted octanol–water partition coefficient (Wildman–Crippen LogP) is 3.62. The highest BCUT2D eigenvalue weighted by Gasteiger charge is 1.83. The molecular formula is C17H22O. The van der Waals surface area contributed by atoms with Crippen LogP contribution in [0.15, 0.2) is 37.0 Å². The zero-order chi connectivity index (χ0) is 13.5. The summed E-state index contributed by atoms with van der Waals surface area (Å²) < 4.78 is 0. The lowest BCUT2D eigenvalue weighted by Gasteiger charge is -1.89. The molecule has 1 heteroatoms. The van der Waals surface area contributed by atoms with Crippen molar-refractivity contribution in [2.24, 2.45) is 0 Å². The zero-order valence-corrected chi connectivity index (χ0v) is 11.2. The molecule has 0 saturated heterocycles. The van der Waals surface area contributed by atoms with Gasteiger partial charge in [0.1, 0.15) is 6.10 Å². The molecule has 0 fully saturated rings. The molecule has 1 atom stereocenters. The molecule has 0 aliphatic rings. The van der Waals surface area contributed by atoms with Crippen molar-refractivity contribution in [3.8, 4) is 23.7 Å². The standard InChI is InChI=1S/C17H22O/c1-3-5-6-7-8-9-10-11-12-13-14-15-16-17(18)4-2/h4,8-11,17-18H,2-3,5-7,12H2,1H3. The molecule has 96 valence electrons. The first-order valence-electron chi connectivity index (χ1n) is 6.42. The minimum absolute atomic E-state index is 0.679. The van der Waals surface area contributed by atoms with Crippen LogP contribution in [0.3, 0.4) is 0 Å². The van der Waals surface area contributed by atoms with Gasteiger partial charge in [0.05, 0.1) is 0 Å². The summed E-state index contributed by atoms with van der Waals surface area (Å²) in [6.45, 7) is 5.62. The van der Waals surface area contributed by atoms with Crippen LogP contribution in [0.1, 0.15) is 39.0 Å². The number of hydrogen-bond donors (Lipinski definition) is 1. The van der Waals surface area contributed by atoms with Crippen molar-refractivity contribution in [2.75, 3.05) is 0 Å². The molecule has 0 aromatic rings. The molecule has 0 spiro atoms. The van der Waals surface area contributed by atoms with Crippen molar-refractivity contribution in [3.05, 3.63) is 37.0 Å². The fraction of sp³-hybridized carbons (Fsp3) is 0.412. The van der Waals surface area contributed by atoms with Crippen molar-refractivity contribution in [1.29, 1.82) is 0 Å². The van der Waals surface area contributed by atoms with Gasteiger partial charge in [0.15, 0.2) is 0 Å². The van der Waals surface area contributed by atoms with Gasteiger partial charge >= 0.3 is 0 Å². The maximum atomic E-state index is 9.04. The molecule has 1 nitrogen and oxygen atoms in total. The SMILES string of the molecule is C=CC(O)C#CC#CCC=CC=CCCCCC. The number of hydrogen-bond acceptors (Lipinski definition) is 1. The maximum Gasteiger partial charge on any atom is 0.134 e. The van der Waals surface area contributed by atoms with E-state index in [0.29, 0.717) is 6.42 Å². The Morgan fingerprint density at radius 1 is 1.17 bits per heavy atom. The summed E-state index contributed by atoms with van der Waals surface area (Å²) in [7, 11) is 0. The molecule has 0 aliphatic carbocycles.